The maximum absolute atomic E-state index is 14.1. The molecule has 1 aliphatic heterocycles. The van der Waals surface area contributed by atoms with Crippen LogP contribution in [0, 0.1) is 0 Å². The van der Waals surface area contributed by atoms with Crippen LogP contribution in [-0.2, 0) is 12.6 Å². The Morgan fingerprint density at radius 1 is 1.02 bits per heavy atom. The molecule has 0 fully saturated rings. The molecule has 9 nitrogen and oxygen atoms in total. The summed E-state index contributed by atoms with van der Waals surface area (Å²) in [5.74, 6) is -2.07. The van der Waals surface area contributed by atoms with E-state index >= 15 is 0 Å². The van der Waals surface area contributed by atoms with Crippen LogP contribution in [0.2, 0.25) is 0 Å². The van der Waals surface area contributed by atoms with Gasteiger partial charge in [-0.25, -0.2) is 9.48 Å². The first-order valence-corrected chi connectivity index (χ1v) is 13.3. The monoisotopic (exact) mass is 615 g/mol. The van der Waals surface area contributed by atoms with Crippen molar-refractivity contribution in [2.45, 2.75) is 37.8 Å². The largest absolute Gasteiger partial charge is 0.586 e. The fourth-order valence-corrected chi connectivity index (χ4v) is 5.28. The summed E-state index contributed by atoms with van der Waals surface area (Å²) >= 11 is 0. The topological polar surface area (TPSA) is 103 Å². The van der Waals surface area contributed by atoms with Gasteiger partial charge in [0.05, 0.1) is 16.9 Å². The van der Waals surface area contributed by atoms with Crippen LogP contribution in [0.4, 0.5) is 27.6 Å². The van der Waals surface area contributed by atoms with Gasteiger partial charge in [0.1, 0.15) is 11.9 Å². The number of ether oxygens (including phenoxy) is 3. The number of rotatable bonds is 6. The third-order valence-electron chi connectivity index (χ3n) is 7.26. The predicted molar refractivity (Wildman–Crippen MR) is 144 cm³/mol. The maximum Gasteiger partial charge on any atom is 0.586 e. The lowest BCUT2D eigenvalue weighted by Gasteiger charge is -2.26. The summed E-state index contributed by atoms with van der Waals surface area (Å²) in [7, 11) is 1.40. The van der Waals surface area contributed by atoms with Gasteiger partial charge in [-0.2, -0.15) is 18.3 Å². The van der Waals surface area contributed by atoms with E-state index in [1.165, 1.54) is 78.7 Å². The van der Waals surface area contributed by atoms with E-state index in [2.05, 4.69) is 14.6 Å². The Balaban J connectivity index is 1.36. The van der Waals surface area contributed by atoms with E-state index in [9.17, 15) is 36.6 Å². The molecule has 3 aromatic carbocycles. The molecule has 1 N–H and O–H groups in total. The molecule has 0 bridgehead atoms. The summed E-state index contributed by atoms with van der Waals surface area (Å²) in [4.78, 5) is 26.0. The van der Waals surface area contributed by atoms with Crippen molar-refractivity contribution in [3.05, 3.63) is 94.8 Å². The second-order valence-corrected chi connectivity index (χ2v) is 10.2. The lowest BCUT2D eigenvalue weighted by molar-refractivity contribution is -0.286. The van der Waals surface area contributed by atoms with Crippen LogP contribution in [0.1, 0.15) is 56.6 Å². The van der Waals surface area contributed by atoms with Gasteiger partial charge in [0, 0.05) is 29.9 Å². The van der Waals surface area contributed by atoms with Gasteiger partial charge in [-0.1, -0.05) is 12.1 Å². The number of amides is 1. The van der Waals surface area contributed by atoms with E-state index < -0.39 is 36.1 Å². The van der Waals surface area contributed by atoms with Gasteiger partial charge < -0.3 is 24.2 Å². The van der Waals surface area contributed by atoms with Crippen LogP contribution in [0.25, 0.3) is 5.69 Å². The Hall–Kier alpha value is -5.14. The predicted octanol–water partition coefficient (Wildman–Crippen LogP) is 6.64. The summed E-state index contributed by atoms with van der Waals surface area (Å²) in [5, 5.41) is 13.3. The van der Waals surface area contributed by atoms with E-state index in [0.717, 1.165) is 4.68 Å². The van der Waals surface area contributed by atoms with Crippen LogP contribution < -0.4 is 19.1 Å². The molecule has 1 aliphatic carbocycles. The van der Waals surface area contributed by atoms with Crippen LogP contribution >= 0.6 is 0 Å². The Morgan fingerprint density at radius 3 is 2.50 bits per heavy atom. The number of carbonyl (C=O) groups is 2. The molecule has 1 amide bonds. The van der Waals surface area contributed by atoms with Gasteiger partial charge in [-0.05, 0) is 67.8 Å². The molecule has 4 aromatic rings. The van der Waals surface area contributed by atoms with E-state index in [-0.39, 0.29) is 57.4 Å². The molecule has 0 radical (unpaired) electrons. The smallest absolute Gasteiger partial charge is 0.484 e. The highest BCUT2D eigenvalue weighted by Gasteiger charge is 2.44. The van der Waals surface area contributed by atoms with Crippen molar-refractivity contribution in [3.63, 3.8) is 0 Å². The normalized spacial score (nSPS) is 16.7. The van der Waals surface area contributed by atoms with Crippen molar-refractivity contribution >= 4 is 17.6 Å². The zero-order valence-corrected chi connectivity index (χ0v) is 22.8. The number of nitrogens with zero attached hydrogens (tertiary/aromatic N) is 3. The number of aromatic nitrogens is 2. The summed E-state index contributed by atoms with van der Waals surface area (Å²) in [6.07, 6.45) is -8.72. The molecule has 44 heavy (non-hydrogen) atoms. The summed E-state index contributed by atoms with van der Waals surface area (Å²) in [5.41, 5.74) is -0.605. The number of hydrogen-bond acceptors (Lipinski definition) is 6. The molecular weight excluding hydrogens is 593 g/mol. The van der Waals surface area contributed by atoms with Crippen LogP contribution in [0.5, 0.6) is 17.2 Å². The standard InChI is InChI=1S/C30H22F5N3O6/c1-37(18-11-12-22-24(15-18)44-30(34,35)43-22)27(39)16-5-2-7-19(13-16)38-25-21(26(36-38)29(31,32)33)9-4-10-23(25)42-20-8-3-6-17(14-20)28(40)41/h2-3,5-8,11-15,23H,4,9-10H2,1H3,(H,40,41)/t23-/m1/s1. The number of anilines is 1. The van der Waals surface area contributed by atoms with E-state index in [1.807, 2.05) is 0 Å². The Labute approximate surface area is 246 Å². The number of hydrogen-bond donors (Lipinski definition) is 1. The maximum atomic E-state index is 14.1. The molecule has 1 aromatic heterocycles. The number of carboxylic acids is 1. The minimum Gasteiger partial charge on any atom is -0.484 e. The highest BCUT2D eigenvalue weighted by atomic mass is 19.4. The summed E-state index contributed by atoms with van der Waals surface area (Å²) < 4.78 is 85.3. The van der Waals surface area contributed by atoms with Crippen molar-refractivity contribution in [3.8, 4) is 22.9 Å². The molecule has 6 rings (SSSR count). The third-order valence-corrected chi connectivity index (χ3v) is 7.26. The second kappa shape index (κ2) is 10.5. The second-order valence-electron chi connectivity index (χ2n) is 10.2. The molecule has 0 saturated carbocycles. The highest BCUT2D eigenvalue weighted by molar-refractivity contribution is 6.06. The Kier molecular flexibility index (Phi) is 6.94. The number of carbonyl (C=O) groups excluding carboxylic acids is 1. The number of aromatic carboxylic acids is 1. The minimum atomic E-state index is -4.77. The van der Waals surface area contributed by atoms with Crippen LogP contribution in [0.3, 0.4) is 0 Å². The average Bonchev–Trinajstić information content (AvgIpc) is 3.53. The molecular formula is C30H22F5N3O6. The molecule has 2 heterocycles. The number of carboxylic acid groups (broad SMARTS) is 1. The zero-order valence-electron chi connectivity index (χ0n) is 22.8. The molecule has 0 saturated heterocycles. The minimum absolute atomic E-state index is 0.0467. The number of benzene rings is 3. The lowest BCUT2D eigenvalue weighted by atomic mass is 9.92. The van der Waals surface area contributed by atoms with Crippen molar-refractivity contribution in [1.82, 2.24) is 9.78 Å². The first-order valence-electron chi connectivity index (χ1n) is 13.3. The van der Waals surface area contributed by atoms with E-state index in [4.69, 9.17) is 4.74 Å². The quantitative estimate of drug-likeness (QED) is 0.243. The number of halogens is 5. The molecule has 2 aliphatic rings. The Morgan fingerprint density at radius 2 is 1.75 bits per heavy atom. The molecule has 228 valence electrons. The van der Waals surface area contributed by atoms with Crippen molar-refractivity contribution < 1.29 is 50.9 Å². The van der Waals surface area contributed by atoms with Gasteiger partial charge >= 0.3 is 18.4 Å². The fraction of sp³-hybridized carbons (Fsp3) is 0.233. The molecule has 1 atom stereocenters. The van der Waals surface area contributed by atoms with E-state index in [0.29, 0.717) is 12.8 Å². The number of fused-ring (bicyclic) bond motifs is 2. The SMILES string of the molecule is CN(C(=O)c1cccc(-n2nc(C(F)(F)F)c3c2[C@H](Oc2cccc(C(=O)O)c2)CCC3)c1)c1ccc2c(c1)OC(F)(F)O2. The van der Waals surface area contributed by atoms with Gasteiger partial charge in [0.15, 0.2) is 17.2 Å². The van der Waals surface area contributed by atoms with Gasteiger partial charge in [0.2, 0.25) is 0 Å². The van der Waals surface area contributed by atoms with Crippen LogP contribution in [-0.4, -0.2) is 40.1 Å². The number of alkyl halides is 5. The first-order chi connectivity index (χ1) is 20.8. The van der Waals surface area contributed by atoms with Crippen LogP contribution in [0.15, 0.2) is 66.7 Å². The summed E-state index contributed by atoms with van der Waals surface area (Å²) in [6, 6.07) is 15.2. The average molecular weight is 616 g/mol. The highest BCUT2D eigenvalue weighted by Crippen LogP contribution is 2.44. The van der Waals surface area contributed by atoms with Gasteiger partial charge in [0.25, 0.3) is 5.91 Å². The molecule has 0 spiro atoms. The van der Waals surface area contributed by atoms with Crippen molar-refractivity contribution in [2.24, 2.45) is 0 Å². The van der Waals surface area contributed by atoms with Gasteiger partial charge in [-0.3, -0.25) is 4.79 Å². The fourth-order valence-electron chi connectivity index (χ4n) is 5.28. The summed E-state index contributed by atoms with van der Waals surface area (Å²) in [6.45, 7) is 0. The first kappa shape index (κ1) is 29.0. The lowest BCUT2D eigenvalue weighted by Crippen LogP contribution is -2.26. The van der Waals surface area contributed by atoms with Gasteiger partial charge in [-0.15, -0.1) is 8.78 Å². The molecule has 14 heteroatoms. The zero-order chi connectivity index (χ0) is 31.4. The van der Waals surface area contributed by atoms with Crippen molar-refractivity contribution in [2.75, 3.05) is 11.9 Å². The molecule has 0 unspecified atom stereocenters. The van der Waals surface area contributed by atoms with Crippen molar-refractivity contribution in [1.29, 1.82) is 0 Å². The van der Waals surface area contributed by atoms with E-state index in [1.54, 1.807) is 0 Å². The third kappa shape index (κ3) is 5.38. The Bertz CT molecular complexity index is 1790.